The van der Waals surface area contributed by atoms with Gasteiger partial charge in [-0.25, -0.2) is 8.42 Å². The van der Waals surface area contributed by atoms with Gasteiger partial charge in [-0.3, -0.25) is 14.1 Å². The molecule has 0 atom stereocenters. The third-order valence-corrected chi connectivity index (χ3v) is 7.55. The Labute approximate surface area is 177 Å². The zero-order valence-corrected chi connectivity index (χ0v) is 17.7. The van der Waals surface area contributed by atoms with Crippen LogP contribution in [0.1, 0.15) is 37.3 Å². The summed E-state index contributed by atoms with van der Waals surface area (Å²) in [4.78, 5) is 0. The molecule has 1 N–H and O–H groups in total. The number of hydrogen-bond acceptors (Lipinski definition) is 5. The van der Waals surface area contributed by atoms with E-state index in [4.69, 9.17) is 4.74 Å². The van der Waals surface area contributed by atoms with Crippen molar-refractivity contribution in [3.05, 3.63) is 36.3 Å². The summed E-state index contributed by atoms with van der Waals surface area (Å²) < 4.78 is 75.5. The van der Waals surface area contributed by atoms with Crippen LogP contribution < -0.4 is 9.46 Å². The van der Waals surface area contributed by atoms with Gasteiger partial charge in [-0.1, -0.05) is 0 Å². The minimum Gasteiger partial charge on any atom is -0.494 e. The molecule has 0 unspecified atom stereocenters. The lowest BCUT2D eigenvalue weighted by Gasteiger charge is -2.29. The highest BCUT2D eigenvalue weighted by atomic mass is 32.2. The van der Waals surface area contributed by atoms with E-state index in [0.29, 0.717) is 42.6 Å². The summed E-state index contributed by atoms with van der Waals surface area (Å²) >= 11 is 0. The fourth-order valence-electron chi connectivity index (χ4n) is 4.05. The number of rotatable bonds is 5. The molecule has 0 amide bonds. The zero-order chi connectivity index (χ0) is 22.4. The second-order valence-electron chi connectivity index (χ2n) is 7.63. The van der Waals surface area contributed by atoms with Gasteiger partial charge in [0.05, 0.1) is 41.9 Å². The average Bonchev–Trinajstić information content (AvgIpc) is 3.36. The number of alkyl halides is 3. The lowest BCUT2D eigenvalue weighted by Crippen LogP contribution is -2.32. The monoisotopic (exact) mass is 457 g/mol. The van der Waals surface area contributed by atoms with Crippen LogP contribution in [0.5, 0.6) is 5.75 Å². The van der Waals surface area contributed by atoms with Crippen molar-refractivity contribution in [3.63, 3.8) is 0 Å². The zero-order valence-electron chi connectivity index (χ0n) is 16.9. The van der Waals surface area contributed by atoms with Gasteiger partial charge in [-0.2, -0.15) is 23.4 Å². The van der Waals surface area contributed by atoms with Crippen molar-refractivity contribution in [2.24, 2.45) is 7.05 Å². The number of benzene rings is 1. The first-order valence-electron chi connectivity index (χ1n) is 9.72. The molecule has 1 aromatic carbocycles. The molecule has 2 aromatic heterocycles. The maximum Gasteiger partial charge on any atom is 0.419 e. The highest BCUT2D eigenvalue weighted by molar-refractivity contribution is 7.93. The average molecular weight is 457 g/mol. The van der Waals surface area contributed by atoms with E-state index in [1.165, 1.54) is 11.8 Å². The van der Waals surface area contributed by atoms with Crippen molar-refractivity contribution in [1.82, 2.24) is 19.6 Å². The largest absolute Gasteiger partial charge is 0.494 e. The van der Waals surface area contributed by atoms with Gasteiger partial charge in [0.25, 0.3) is 0 Å². The molecule has 0 spiro atoms. The summed E-state index contributed by atoms with van der Waals surface area (Å²) in [5.74, 6) is 0.379. The predicted molar refractivity (Wildman–Crippen MR) is 108 cm³/mol. The summed E-state index contributed by atoms with van der Waals surface area (Å²) in [5.41, 5.74) is 0.122. The van der Waals surface area contributed by atoms with E-state index >= 15 is 0 Å². The minimum atomic E-state index is -4.45. The number of nitrogens with zero attached hydrogens (tertiary/aromatic N) is 4. The van der Waals surface area contributed by atoms with E-state index in [1.807, 2.05) is 0 Å². The van der Waals surface area contributed by atoms with Crippen LogP contribution in [0, 0.1) is 0 Å². The van der Waals surface area contributed by atoms with Crippen molar-refractivity contribution in [2.45, 2.75) is 43.2 Å². The first kappa shape index (κ1) is 21.5. The van der Waals surface area contributed by atoms with Gasteiger partial charge in [0.1, 0.15) is 11.4 Å². The van der Waals surface area contributed by atoms with Gasteiger partial charge in [0.15, 0.2) is 0 Å². The Balaban J connectivity index is 1.51. The molecular formula is C19H22F3N5O3S. The van der Waals surface area contributed by atoms with Crippen LogP contribution >= 0.6 is 0 Å². The quantitative estimate of drug-likeness (QED) is 0.631. The van der Waals surface area contributed by atoms with Gasteiger partial charge < -0.3 is 4.74 Å². The SMILES string of the molecule is COc1ccc2cnn(C)c2c1NS(=O)(=O)C1CCC(n2cc(C(F)(F)F)cn2)CC1. The highest BCUT2D eigenvalue weighted by Crippen LogP contribution is 2.37. The number of nitrogens with one attached hydrogen (secondary N) is 1. The Kier molecular flexibility index (Phi) is 5.36. The van der Waals surface area contributed by atoms with Crippen LogP contribution in [-0.4, -0.2) is 40.3 Å². The van der Waals surface area contributed by atoms with Gasteiger partial charge in [0, 0.05) is 18.6 Å². The summed E-state index contributed by atoms with van der Waals surface area (Å²) in [6.45, 7) is 0. The number of anilines is 1. The molecule has 4 rings (SSSR count). The Morgan fingerprint density at radius 3 is 2.45 bits per heavy atom. The van der Waals surface area contributed by atoms with E-state index < -0.39 is 27.0 Å². The summed E-state index contributed by atoms with van der Waals surface area (Å²) in [6, 6.07) is 3.20. The molecule has 1 aliphatic carbocycles. The molecular weight excluding hydrogens is 435 g/mol. The smallest absolute Gasteiger partial charge is 0.419 e. The molecule has 3 aromatic rings. The fraction of sp³-hybridized carbons (Fsp3) is 0.474. The van der Waals surface area contributed by atoms with Crippen LogP contribution in [0.4, 0.5) is 18.9 Å². The number of methoxy groups -OCH3 is 1. The van der Waals surface area contributed by atoms with E-state index in [0.717, 1.165) is 17.8 Å². The van der Waals surface area contributed by atoms with E-state index in [2.05, 4.69) is 14.9 Å². The van der Waals surface area contributed by atoms with Crippen molar-refractivity contribution in [1.29, 1.82) is 0 Å². The molecule has 0 bridgehead atoms. The van der Waals surface area contributed by atoms with Crippen molar-refractivity contribution in [3.8, 4) is 5.75 Å². The summed E-state index contributed by atoms with van der Waals surface area (Å²) in [7, 11) is -0.589. The van der Waals surface area contributed by atoms with E-state index in [9.17, 15) is 21.6 Å². The summed E-state index contributed by atoms with van der Waals surface area (Å²) in [5, 5.41) is 8.10. The van der Waals surface area contributed by atoms with Crippen LogP contribution in [0.15, 0.2) is 30.7 Å². The van der Waals surface area contributed by atoms with E-state index in [1.54, 1.807) is 30.1 Å². The lowest BCUT2D eigenvalue weighted by molar-refractivity contribution is -0.137. The number of aromatic nitrogens is 4. The van der Waals surface area contributed by atoms with Crippen LogP contribution in [-0.2, 0) is 23.2 Å². The second-order valence-corrected chi connectivity index (χ2v) is 9.59. The van der Waals surface area contributed by atoms with Crippen LogP contribution in [0.25, 0.3) is 10.9 Å². The Morgan fingerprint density at radius 1 is 1.13 bits per heavy atom. The lowest BCUT2D eigenvalue weighted by atomic mass is 9.95. The predicted octanol–water partition coefficient (Wildman–Crippen LogP) is 3.72. The molecule has 1 saturated carbocycles. The standard InChI is InChI=1S/C19H22F3N5O3S/c1-26-18-12(9-23-26)3-8-16(30-2)17(18)25-31(28,29)15-6-4-14(5-7-15)27-11-13(10-24-27)19(20,21)22/h3,8-11,14-15,25H,4-7H2,1-2H3. The highest BCUT2D eigenvalue weighted by Gasteiger charge is 2.35. The first-order valence-corrected chi connectivity index (χ1v) is 11.3. The second kappa shape index (κ2) is 7.74. The van der Waals surface area contributed by atoms with Crippen LogP contribution in [0.3, 0.4) is 0 Å². The third-order valence-electron chi connectivity index (χ3n) is 5.71. The van der Waals surface area contributed by atoms with E-state index in [-0.39, 0.29) is 6.04 Å². The van der Waals surface area contributed by atoms with Gasteiger partial charge in [-0.05, 0) is 37.8 Å². The molecule has 31 heavy (non-hydrogen) atoms. The van der Waals surface area contributed by atoms with Crippen LogP contribution in [0.2, 0.25) is 0 Å². The Hall–Kier alpha value is -2.76. The number of sulfonamides is 1. The first-order chi connectivity index (χ1) is 14.6. The number of ether oxygens (including phenoxy) is 1. The molecule has 168 valence electrons. The van der Waals surface area contributed by atoms with Crippen molar-refractivity contribution < 1.29 is 26.3 Å². The van der Waals surface area contributed by atoms with Crippen molar-refractivity contribution >= 4 is 26.6 Å². The van der Waals surface area contributed by atoms with Gasteiger partial charge in [0.2, 0.25) is 10.0 Å². The molecule has 0 radical (unpaired) electrons. The van der Waals surface area contributed by atoms with Crippen molar-refractivity contribution in [2.75, 3.05) is 11.8 Å². The maximum absolute atomic E-state index is 13.1. The minimum absolute atomic E-state index is 0.266. The maximum atomic E-state index is 13.1. The molecule has 2 heterocycles. The van der Waals surface area contributed by atoms with Gasteiger partial charge in [-0.15, -0.1) is 0 Å². The van der Waals surface area contributed by atoms with Gasteiger partial charge >= 0.3 is 6.18 Å². The molecule has 1 aliphatic rings. The third kappa shape index (κ3) is 4.08. The molecule has 0 aliphatic heterocycles. The Morgan fingerprint density at radius 2 is 1.84 bits per heavy atom. The topological polar surface area (TPSA) is 91.0 Å². The number of halogens is 3. The number of fused-ring (bicyclic) bond motifs is 1. The fourth-order valence-corrected chi connectivity index (χ4v) is 5.59. The summed E-state index contributed by atoms with van der Waals surface area (Å²) in [6.07, 6.45) is 0.410. The Bertz CT molecular complexity index is 1190. The normalized spacial score (nSPS) is 20.2. The number of hydrogen-bond donors (Lipinski definition) is 1. The molecule has 0 saturated heterocycles. The molecule has 1 fully saturated rings. The number of aryl methyl sites for hydroxylation is 1. The molecule has 12 heteroatoms. The molecule has 8 nitrogen and oxygen atoms in total.